The summed E-state index contributed by atoms with van der Waals surface area (Å²) >= 11 is 0. The van der Waals surface area contributed by atoms with Gasteiger partial charge in [0.15, 0.2) is 0 Å². The molecule has 2 rings (SSSR count). The van der Waals surface area contributed by atoms with Gasteiger partial charge in [0.05, 0.1) is 0 Å². The molecule has 0 aliphatic carbocycles. The van der Waals surface area contributed by atoms with E-state index >= 15 is 0 Å². The minimum Gasteiger partial charge on any atom is -0.319 e. The van der Waals surface area contributed by atoms with E-state index in [4.69, 9.17) is 0 Å². The number of fused-ring (bicyclic) bond motifs is 1. The highest BCUT2D eigenvalue weighted by molar-refractivity contribution is 5.85. The standard InChI is InChI=1S/C17H21N/c1-4-17(2,13-18-3)12-15-10-7-9-14-8-5-6-11-16(14)15/h4-11,18H,1,12-13H2,2-3H3. The second kappa shape index (κ2) is 5.36. The third-order valence-corrected chi connectivity index (χ3v) is 3.55. The molecule has 1 N–H and O–H groups in total. The van der Waals surface area contributed by atoms with Crippen molar-refractivity contribution in [2.75, 3.05) is 13.6 Å². The van der Waals surface area contributed by atoms with Gasteiger partial charge in [-0.15, -0.1) is 6.58 Å². The van der Waals surface area contributed by atoms with Crippen molar-refractivity contribution in [1.82, 2.24) is 5.32 Å². The van der Waals surface area contributed by atoms with Crippen LogP contribution in [0.5, 0.6) is 0 Å². The van der Waals surface area contributed by atoms with Crippen molar-refractivity contribution in [2.24, 2.45) is 5.41 Å². The van der Waals surface area contributed by atoms with Gasteiger partial charge in [0.1, 0.15) is 0 Å². The predicted molar refractivity (Wildman–Crippen MR) is 79.9 cm³/mol. The topological polar surface area (TPSA) is 12.0 Å². The van der Waals surface area contributed by atoms with E-state index in [0.29, 0.717) is 0 Å². The molecule has 94 valence electrons. The third kappa shape index (κ3) is 2.62. The van der Waals surface area contributed by atoms with E-state index in [2.05, 4.69) is 67.4 Å². The van der Waals surface area contributed by atoms with Crippen LogP contribution < -0.4 is 5.32 Å². The average Bonchev–Trinajstić information content (AvgIpc) is 2.39. The number of hydrogen-bond acceptors (Lipinski definition) is 1. The van der Waals surface area contributed by atoms with Crippen molar-refractivity contribution < 1.29 is 0 Å². The van der Waals surface area contributed by atoms with Gasteiger partial charge in [-0.05, 0) is 29.8 Å². The highest BCUT2D eigenvalue weighted by atomic mass is 14.8. The van der Waals surface area contributed by atoms with E-state index in [9.17, 15) is 0 Å². The van der Waals surface area contributed by atoms with Crippen molar-refractivity contribution >= 4 is 10.8 Å². The Bertz CT molecular complexity index is 539. The molecule has 2 aromatic rings. The van der Waals surface area contributed by atoms with E-state index < -0.39 is 0 Å². The molecule has 0 radical (unpaired) electrons. The largest absolute Gasteiger partial charge is 0.319 e. The predicted octanol–water partition coefficient (Wildman–Crippen LogP) is 3.79. The second-order valence-electron chi connectivity index (χ2n) is 5.20. The molecule has 2 aromatic carbocycles. The van der Waals surface area contributed by atoms with E-state index in [0.717, 1.165) is 13.0 Å². The molecule has 1 heteroatoms. The maximum atomic E-state index is 3.99. The van der Waals surface area contributed by atoms with E-state index in [1.165, 1.54) is 16.3 Å². The van der Waals surface area contributed by atoms with Crippen LogP contribution >= 0.6 is 0 Å². The minimum atomic E-state index is 0.0961. The van der Waals surface area contributed by atoms with Crippen molar-refractivity contribution in [3.63, 3.8) is 0 Å². The van der Waals surface area contributed by atoms with Crippen LogP contribution in [0.2, 0.25) is 0 Å². The lowest BCUT2D eigenvalue weighted by atomic mass is 9.82. The first kappa shape index (κ1) is 12.8. The summed E-state index contributed by atoms with van der Waals surface area (Å²) < 4.78 is 0. The van der Waals surface area contributed by atoms with Crippen molar-refractivity contribution in [3.05, 3.63) is 60.7 Å². The zero-order valence-electron chi connectivity index (χ0n) is 11.2. The van der Waals surface area contributed by atoms with Gasteiger partial charge in [-0.2, -0.15) is 0 Å². The zero-order valence-corrected chi connectivity index (χ0v) is 11.2. The summed E-state index contributed by atoms with van der Waals surface area (Å²) in [4.78, 5) is 0. The van der Waals surface area contributed by atoms with Crippen LogP contribution in [0.15, 0.2) is 55.1 Å². The molecule has 0 amide bonds. The van der Waals surface area contributed by atoms with Crippen molar-refractivity contribution in [3.8, 4) is 0 Å². The van der Waals surface area contributed by atoms with E-state index in [-0.39, 0.29) is 5.41 Å². The van der Waals surface area contributed by atoms with Crippen LogP contribution in [0, 0.1) is 5.41 Å². The Kier molecular flexibility index (Phi) is 3.83. The molecule has 0 heterocycles. The number of benzene rings is 2. The van der Waals surface area contributed by atoms with Crippen LogP contribution in [0.25, 0.3) is 10.8 Å². The molecule has 0 saturated carbocycles. The molecular weight excluding hydrogens is 218 g/mol. The molecule has 1 unspecified atom stereocenters. The number of nitrogens with one attached hydrogen (secondary N) is 1. The maximum Gasteiger partial charge on any atom is 0.00400 e. The third-order valence-electron chi connectivity index (χ3n) is 3.55. The summed E-state index contributed by atoms with van der Waals surface area (Å²) in [5.41, 5.74) is 1.49. The lowest BCUT2D eigenvalue weighted by molar-refractivity contribution is 0.407. The van der Waals surface area contributed by atoms with Gasteiger partial charge in [0, 0.05) is 12.0 Å². The van der Waals surface area contributed by atoms with Crippen molar-refractivity contribution in [1.29, 1.82) is 0 Å². The van der Waals surface area contributed by atoms with Crippen LogP contribution in [0.1, 0.15) is 12.5 Å². The van der Waals surface area contributed by atoms with Crippen LogP contribution in [-0.4, -0.2) is 13.6 Å². The molecule has 0 aromatic heterocycles. The fourth-order valence-electron chi connectivity index (χ4n) is 2.49. The molecule has 0 bridgehead atoms. The summed E-state index contributed by atoms with van der Waals surface area (Å²) in [5.74, 6) is 0. The number of hydrogen-bond donors (Lipinski definition) is 1. The molecule has 0 saturated heterocycles. The Labute approximate surface area is 110 Å². The van der Waals surface area contributed by atoms with Gasteiger partial charge >= 0.3 is 0 Å². The fourth-order valence-corrected chi connectivity index (χ4v) is 2.49. The smallest absolute Gasteiger partial charge is 0.00400 e. The average molecular weight is 239 g/mol. The lowest BCUT2D eigenvalue weighted by Crippen LogP contribution is -2.29. The first-order valence-corrected chi connectivity index (χ1v) is 6.43. The van der Waals surface area contributed by atoms with E-state index in [1.807, 2.05) is 7.05 Å². The Morgan fingerprint density at radius 2 is 1.89 bits per heavy atom. The summed E-state index contributed by atoms with van der Waals surface area (Å²) in [6, 6.07) is 15.1. The Morgan fingerprint density at radius 1 is 1.17 bits per heavy atom. The van der Waals surface area contributed by atoms with Crippen LogP contribution in [0.3, 0.4) is 0 Å². The molecule has 1 atom stereocenters. The Hall–Kier alpha value is -1.60. The van der Waals surface area contributed by atoms with E-state index in [1.54, 1.807) is 0 Å². The summed E-state index contributed by atoms with van der Waals surface area (Å²) in [6.45, 7) is 7.18. The summed E-state index contributed by atoms with van der Waals surface area (Å²) in [7, 11) is 1.99. The summed E-state index contributed by atoms with van der Waals surface area (Å²) in [5, 5.41) is 5.92. The monoisotopic (exact) mass is 239 g/mol. The normalized spacial score (nSPS) is 14.3. The molecule has 0 spiro atoms. The van der Waals surface area contributed by atoms with Gasteiger partial charge in [-0.1, -0.05) is 55.5 Å². The molecule has 1 nitrogen and oxygen atoms in total. The van der Waals surface area contributed by atoms with Gasteiger partial charge in [-0.3, -0.25) is 0 Å². The molecule has 0 aliphatic heterocycles. The van der Waals surface area contributed by atoms with Crippen LogP contribution in [0.4, 0.5) is 0 Å². The fraction of sp³-hybridized carbons (Fsp3) is 0.294. The highest BCUT2D eigenvalue weighted by Crippen LogP contribution is 2.27. The van der Waals surface area contributed by atoms with Gasteiger partial charge in [-0.25, -0.2) is 0 Å². The van der Waals surface area contributed by atoms with Gasteiger partial charge in [0.25, 0.3) is 0 Å². The second-order valence-corrected chi connectivity index (χ2v) is 5.20. The van der Waals surface area contributed by atoms with Crippen LogP contribution in [-0.2, 0) is 6.42 Å². The van der Waals surface area contributed by atoms with Gasteiger partial charge in [0.2, 0.25) is 0 Å². The zero-order chi connectivity index (χ0) is 13.0. The first-order chi connectivity index (χ1) is 8.68. The molecular formula is C17H21N. The Balaban J connectivity index is 2.39. The number of rotatable bonds is 5. The highest BCUT2D eigenvalue weighted by Gasteiger charge is 2.20. The minimum absolute atomic E-state index is 0.0961. The first-order valence-electron chi connectivity index (χ1n) is 6.43. The SMILES string of the molecule is C=CC(C)(CNC)Cc1cccc2ccccc12. The molecule has 0 fully saturated rings. The summed E-state index contributed by atoms with van der Waals surface area (Å²) in [6.07, 6.45) is 3.07. The maximum absolute atomic E-state index is 3.99. The molecule has 0 aliphatic rings. The lowest BCUT2D eigenvalue weighted by Gasteiger charge is -2.26. The Morgan fingerprint density at radius 3 is 2.61 bits per heavy atom. The quantitative estimate of drug-likeness (QED) is 0.783. The van der Waals surface area contributed by atoms with Crippen molar-refractivity contribution in [2.45, 2.75) is 13.3 Å². The molecule has 18 heavy (non-hydrogen) atoms. The van der Waals surface area contributed by atoms with Gasteiger partial charge < -0.3 is 5.32 Å².